The molecule has 1 heterocycles. The summed E-state index contributed by atoms with van der Waals surface area (Å²) in [5.74, 6) is 0.233. The Morgan fingerprint density at radius 1 is 1.19 bits per heavy atom. The van der Waals surface area contributed by atoms with Crippen molar-refractivity contribution in [2.45, 2.75) is 32.4 Å². The first-order chi connectivity index (χ1) is 17.8. The summed E-state index contributed by atoms with van der Waals surface area (Å²) in [5.41, 5.74) is 3.74. The normalized spacial score (nSPS) is 14.8. The molecule has 0 saturated carbocycles. The zero-order valence-electron chi connectivity index (χ0n) is 20.2. The predicted molar refractivity (Wildman–Crippen MR) is 144 cm³/mol. The van der Waals surface area contributed by atoms with E-state index < -0.39 is 6.23 Å². The van der Waals surface area contributed by atoms with Crippen LogP contribution >= 0.6 is 34.8 Å². The average molecular weight is 572 g/mol. The van der Waals surface area contributed by atoms with Gasteiger partial charge in [0, 0.05) is 50.1 Å². The molecule has 0 spiro atoms. The fourth-order valence-corrected chi connectivity index (χ4v) is 4.05. The molecule has 0 aromatic heterocycles. The molecule has 0 fully saturated rings. The molecular weight excluding hydrogens is 543 g/mol. The number of nitrogens with one attached hydrogen (secondary N) is 3. The van der Waals surface area contributed by atoms with Crippen molar-refractivity contribution in [2.24, 2.45) is 11.0 Å². The second-order valence-electron chi connectivity index (χ2n) is 8.43. The van der Waals surface area contributed by atoms with Crippen molar-refractivity contribution in [3.8, 4) is 11.5 Å². The van der Waals surface area contributed by atoms with Crippen LogP contribution in [0.5, 0.6) is 11.5 Å². The monoisotopic (exact) mass is 570 g/mol. The molecule has 3 rings (SSSR count). The van der Waals surface area contributed by atoms with Crippen molar-refractivity contribution >= 4 is 52.3 Å². The lowest BCUT2D eigenvalue weighted by Gasteiger charge is -2.26. The summed E-state index contributed by atoms with van der Waals surface area (Å²) >= 11 is 18.6. The van der Waals surface area contributed by atoms with Gasteiger partial charge in [0.1, 0.15) is 11.5 Å². The van der Waals surface area contributed by atoms with Crippen LogP contribution in [-0.4, -0.2) is 55.2 Å². The summed E-state index contributed by atoms with van der Waals surface area (Å²) in [7, 11) is 0. The van der Waals surface area contributed by atoms with Gasteiger partial charge in [0.05, 0.1) is 20.8 Å². The van der Waals surface area contributed by atoms with Crippen LogP contribution in [0.2, 0.25) is 15.1 Å². The number of carbonyl (C=O) groups excluding carboxylic acids is 2. The van der Waals surface area contributed by atoms with Crippen molar-refractivity contribution in [3.63, 3.8) is 0 Å². The predicted octanol–water partition coefficient (Wildman–Crippen LogP) is 3.77. The number of amides is 2. The van der Waals surface area contributed by atoms with Crippen LogP contribution in [0.4, 0.5) is 0 Å². The van der Waals surface area contributed by atoms with E-state index in [1.165, 1.54) is 0 Å². The Morgan fingerprint density at radius 2 is 2.00 bits per heavy atom. The molecule has 9 nitrogen and oxygen atoms in total. The van der Waals surface area contributed by atoms with Gasteiger partial charge in [0.25, 0.3) is 5.91 Å². The van der Waals surface area contributed by atoms with Gasteiger partial charge in [-0.25, -0.2) is 5.43 Å². The molecule has 0 bridgehead atoms. The minimum atomic E-state index is -0.465. The standard InChI is InChI=1S/C25H29Cl3N4O5/c1-15(25(29-10-3-11-33)37-16-6-7-18(26)19(27)12-16)13-30-23(35)14-36-21-5-2-4-17(24(21)28)20-8-9-22(34)32-31-20/h2,4-7,12,15,25,29,33H,3,8-11,13-14H2,1H3,(H,30,35)(H,32,34). The van der Waals surface area contributed by atoms with Gasteiger partial charge in [0.15, 0.2) is 12.8 Å². The molecule has 0 aliphatic carbocycles. The largest absolute Gasteiger partial charge is 0.482 e. The van der Waals surface area contributed by atoms with Gasteiger partial charge in [-0.2, -0.15) is 5.10 Å². The Bertz CT molecular complexity index is 1130. The van der Waals surface area contributed by atoms with E-state index >= 15 is 0 Å². The topological polar surface area (TPSA) is 121 Å². The molecule has 0 radical (unpaired) electrons. The number of hydrogen-bond donors (Lipinski definition) is 4. The number of nitrogens with zero attached hydrogens (tertiary/aromatic N) is 1. The summed E-state index contributed by atoms with van der Waals surface area (Å²) in [6, 6.07) is 10.2. The zero-order valence-corrected chi connectivity index (χ0v) is 22.5. The Labute approximate surface area is 230 Å². The van der Waals surface area contributed by atoms with Crippen LogP contribution in [0.15, 0.2) is 41.5 Å². The summed E-state index contributed by atoms with van der Waals surface area (Å²) in [5, 5.41) is 20.4. The summed E-state index contributed by atoms with van der Waals surface area (Å²) in [6.45, 7) is 2.54. The first-order valence-electron chi connectivity index (χ1n) is 11.8. The lowest BCUT2D eigenvalue weighted by molar-refractivity contribution is -0.123. The fraction of sp³-hybridized carbons (Fsp3) is 0.400. The minimum absolute atomic E-state index is 0.0424. The van der Waals surface area contributed by atoms with Gasteiger partial charge in [-0.05, 0) is 24.6 Å². The van der Waals surface area contributed by atoms with Gasteiger partial charge >= 0.3 is 0 Å². The fourth-order valence-electron chi connectivity index (χ4n) is 3.47. The second-order valence-corrected chi connectivity index (χ2v) is 9.62. The van der Waals surface area contributed by atoms with Crippen molar-refractivity contribution in [1.29, 1.82) is 0 Å². The molecule has 2 unspecified atom stereocenters. The highest BCUT2D eigenvalue weighted by atomic mass is 35.5. The Kier molecular flexibility index (Phi) is 11.3. The molecule has 4 N–H and O–H groups in total. The lowest BCUT2D eigenvalue weighted by Crippen LogP contribution is -2.45. The Balaban J connectivity index is 1.54. The molecule has 2 amide bonds. The Morgan fingerprint density at radius 3 is 2.70 bits per heavy atom. The van der Waals surface area contributed by atoms with Crippen LogP contribution in [0.1, 0.15) is 31.7 Å². The summed E-state index contributed by atoms with van der Waals surface area (Å²) in [4.78, 5) is 23.9. The number of hydrogen-bond acceptors (Lipinski definition) is 7. The minimum Gasteiger partial charge on any atom is -0.482 e. The molecular formula is C25H29Cl3N4O5. The van der Waals surface area contributed by atoms with E-state index in [2.05, 4.69) is 21.2 Å². The van der Waals surface area contributed by atoms with E-state index in [0.29, 0.717) is 70.2 Å². The van der Waals surface area contributed by atoms with Gasteiger partial charge in [0.2, 0.25) is 5.91 Å². The molecule has 1 aliphatic heterocycles. The van der Waals surface area contributed by atoms with Crippen LogP contribution in [0.3, 0.4) is 0 Å². The molecule has 37 heavy (non-hydrogen) atoms. The number of carbonyl (C=O) groups is 2. The maximum Gasteiger partial charge on any atom is 0.257 e. The highest BCUT2D eigenvalue weighted by Gasteiger charge is 2.21. The van der Waals surface area contributed by atoms with Crippen LogP contribution < -0.4 is 25.5 Å². The quantitative estimate of drug-likeness (QED) is 0.215. The highest BCUT2D eigenvalue weighted by Crippen LogP contribution is 2.30. The molecule has 2 aromatic carbocycles. The molecule has 12 heteroatoms. The average Bonchev–Trinajstić information content (AvgIpc) is 2.89. The number of aliphatic hydroxyl groups excluding tert-OH is 1. The van der Waals surface area contributed by atoms with Crippen molar-refractivity contribution in [1.82, 2.24) is 16.1 Å². The van der Waals surface area contributed by atoms with Crippen molar-refractivity contribution < 1.29 is 24.2 Å². The van der Waals surface area contributed by atoms with Gasteiger partial charge < -0.3 is 19.9 Å². The first kappa shape index (κ1) is 29.0. The second kappa shape index (κ2) is 14.4. The third kappa shape index (κ3) is 8.76. The SMILES string of the molecule is CC(CNC(=O)COc1cccc(C2=NNC(=O)CC2)c1Cl)C(NCCCO)Oc1ccc(Cl)c(Cl)c1. The van der Waals surface area contributed by atoms with E-state index in [0.717, 1.165) is 0 Å². The highest BCUT2D eigenvalue weighted by molar-refractivity contribution is 6.42. The Hall–Kier alpha value is -2.56. The molecule has 2 aromatic rings. The van der Waals surface area contributed by atoms with Gasteiger partial charge in [-0.1, -0.05) is 53.9 Å². The van der Waals surface area contributed by atoms with Crippen molar-refractivity contribution in [2.75, 3.05) is 26.3 Å². The zero-order chi connectivity index (χ0) is 26.8. The van der Waals surface area contributed by atoms with Crippen LogP contribution in [0, 0.1) is 5.92 Å². The number of rotatable bonds is 13. The number of benzene rings is 2. The number of ether oxygens (including phenoxy) is 2. The van der Waals surface area contributed by atoms with E-state index in [4.69, 9.17) is 49.4 Å². The number of halogens is 3. The molecule has 0 saturated heterocycles. The first-order valence-corrected chi connectivity index (χ1v) is 12.9. The maximum absolute atomic E-state index is 12.5. The van der Waals surface area contributed by atoms with Gasteiger partial charge in [-0.15, -0.1) is 0 Å². The lowest BCUT2D eigenvalue weighted by atomic mass is 10.0. The van der Waals surface area contributed by atoms with E-state index in [-0.39, 0.29) is 30.9 Å². The van der Waals surface area contributed by atoms with E-state index in [9.17, 15) is 9.59 Å². The number of aliphatic hydroxyl groups is 1. The van der Waals surface area contributed by atoms with Crippen LogP contribution in [0.25, 0.3) is 0 Å². The van der Waals surface area contributed by atoms with Crippen LogP contribution in [-0.2, 0) is 9.59 Å². The maximum atomic E-state index is 12.5. The third-order valence-electron chi connectivity index (χ3n) is 5.51. The van der Waals surface area contributed by atoms with Gasteiger partial charge in [-0.3, -0.25) is 14.9 Å². The molecule has 200 valence electrons. The summed E-state index contributed by atoms with van der Waals surface area (Å²) in [6.07, 6.45) is 0.872. The van der Waals surface area contributed by atoms with Crippen molar-refractivity contribution in [3.05, 3.63) is 57.0 Å². The molecule has 2 atom stereocenters. The number of hydrazone groups is 1. The molecule has 1 aliphatic rings. The van der Waals surface area contributed by atoms with E-state index in [1.807, 2.05) is 6.92 Å². The smallest absolute Gasteiger partial charge is 0.257 e. The van der Waals surface area contributed by atoms with E-state index in [1.54, 1.807) is 36.4 Å². The summed E-state index contributed by atoms with van der Waals surface area (Å²) < 4.78 is 11.7. The third-order valence-corrected chi connectivity index (χ3v) is 6.64.